The number of piperazine rings is 3. The highest BCUT2D eigenvalue weighted by Crippen LogP contribution is 2.29. The van der Waals surface area contributed by atoms with E-state index in [2.05, 4.69) is 26.0 Å². The zero-order valence-electron chi connectivity index (χ0n) is 79.9. The minimum Gasteiger partial charge on any atom is -0.481 e. The normalized spacial score (nSPS) is 17.5. The second-order valence-electron chi connectivity index (χ2n) is 34.1. The first kappa shape index (κ1) is 118. The van der Waals surface area contributed by atoms with Crippen LogP contribution in [0.15, 0.2) is 134 Å². The summed E-state index contributed by atoms with van der Waals surface area (Å²) in [6, 6.07) is 31.0. The predicted molar refractivity (Wildman–Crippen MR) is 494 cm³/mol. The van der Waals surface area contributed by atoms with Gasteiger partial charge in [0.15, 0.2) is 0 Å². The van der Waals surface area contributed by atoms with Crippen molar-refractivity contribution >= 4 is 115 Å². The number of carboxylic acid groups (broad SMARTS) is 1. The molecule has 38 nitrogen and oxygen atoms in total. The van der Waals surface area contributed by atoms with E-state index in [9.17, 15) is 96.5 Å². The van der Waals surface area contributed by atoms with Crippen molar-refractivity contribution in [1.82, 2.24) is 40.9 Å². The molecule has 0 bridgehead atoms. The summed E-state index contributed by atoms with van der Waals surface area (Å²) in [6.45, 7) is 22.0. The number of aliphatic hydroxyl groups excluding tert-OH is 2. The Morgan fingerprint density at radius 3 is 1.06 bits per heavy atom. The number of carbonyl (C=O) groups is 18. The van der Waals surface area contributed by atoms with Gasteiger partial charge in [-0.2, -0.15) is 0 Å². The highest BCUT2D eigenvalue weighted by Gasteiger charge is 2.52. The van der Waals surface area contributed by atoms with Crippen molar-refractivity contribution in [1.29, 1.82) is 0 Å². The Hall–Kier alpha value is -12.6. The van der Waals surface area contributed by atoms with Gasteiger partial charge in [-0.05, 0) is 182 Å². The first-order chi connectivity index (χ1) is 63.7. The van der Waals surface area contributed by atoms with Crippen LogP contribution in [0.1, 0.15) is 228 Å². The van der Waals surface area contributed by atoms with E-state index in [1.807, 2.05) is 60.7 Å². The number of nitrogens with two attached hydrogens (primary N) is 1. The molecule has 4 saturated heterocycles. The molecule has 2 radical (unpaired) electrons. The summed E-state index contributed by atoms with van der Waals surface area (Å²) >= 11 is 0. The standard InChI is InChI=1S/C28H30N2O8.C26H34N2O6.C12H18N2O4.C12H22N2O4.C7H13NO3.C7H12O3.C4H7BO/c1-19(31)13-15-23-25(33)30(28(36)38-18-22-11-7-4-8-12-22)24(16-14-20(2)32)26(34)29(23)27(35)37-17-21-9-5-3-6-10-21;29-15-7-13-23-18-28(26(32)34-20-22-11-5-2-6-12-22)24(14-8-16-30)17-27(23)25(31)33-19-21-9-3-1-4-10-21;1-7(15)3-5-9-11(17)14-10(12(18)13-9)6-4-8(2)16;1-11(2,3)17-9(15)13-7-8-14-10(16)18-12(4,5)6;1-5(9)3-4-6(8)7(10)11-2;1-5(7(9)10)3-4-6(2)8;5-4-2-1-3-6-4/h3-12,23-24H,13-18H2,1-2H3;1-6,9-12,23-24,29-30H,7-8,13-20H2;9-10H,3-6H2,1-2H3,(H,13,18)(H,14,17);7-8H,1-6H3,(H,13,15)(H,14,16);6H,3-4,8H2,1-2H3;5H,3-4H2,1-2H3,(H,9,10);4H,1-3H2/b;;;8-7-;;;. The number of methoxy groups -OCH3 is 1. The van der Waals surface area contributed by atoms with Crippen molar-refractivity contribution in [2.75, 3.05) is 40.0 Å². The molecule has 4 heterocycles. The third kappa shape index (κ3) is 51.4. The Morgan fingerprint density at radius 2 is 0.793 bits per heavy atom. The minimum absolute atomic E-state index is 0.00417. The molecule has 4 aromatic rings. The summed E-state index contributed by atoms with van der Waals surface area (Å²) in [5.74, 6) is -4.52. The number of hydrogen-bond donors (Lipinski definition) is 8. The molecule has 0 aliphatic carbocycles. The molecule has 135 heavy (non-hydrogen) atoms. The number of aliphatic carboxylic acids is 1. The second-order valence-corrected chi connectivity index (χ2v) is 34.1. The third-order valence-corrected chi connectivity index (χ3v) is 19.7. The van der Waals surface area contributed by atoms with E-state index in [4.69, 9.17) is 51.8 Å². The quantitative estimate of drug-likeness (QED) is 0.0119. The number of nitrogens with zero attached hydrogens (tertiary/aromatic N) is 4. The first-order valence-corrected chi connectivity index (χ1v) is 44.6. The molecule has 4 aromatic carbocycles. The lowest BCUT2D eigenvalue weighted by atomic mass is 9.97. The number of aliphatic hydroxyl groups is 2. The van der Waals surface area contributed by atoms with E-state index in [1.54, 1.807) is 119 Å². The van der Waals surface area contributed by atoms with Gasteiger partial charge in [0.2, 0.25) is 11.8 Å². The third-order valence-electron chi connectivity index (χ3n) is 19.7. The van der Waals surface area contributed by atoms with Crippen molar-refractivity contribution in [2.24, 2.45) is 11.7 Å². The number of nitrogens with one attached hydrogen (secondary N) is 4. The molecule has 0 saturated carbocycles. The van der Waals surface area contributed by atoms with Crippen LogP contribution in [0.2, 0.25) is 0 Å². The molecule has 742 valence electrons. The summed E-state index contributed by atoms with van der Waals surface area (Å²) in [6.07, 6.45) is 4.58. The average Bonchev–Trinajstić information content (AvgIpc) is 0.931. The average molecular weight is 1890 g/mol. The molecule has 4 aliphatic heterocycles. The number of Topliss-reactive ketones (excluding diaryl/α,β-unsaturated/α-hetero) is 6. The van der Waals surface area contributed by atoms with Crippen LogP contribution in [0.25, 0.3) is 0 Å². The number of benzene rings is 4. The van der Waals surface area contributed by atoms with Crippen LogP contribution in [0.4, 0.5) is 28.8 Å². The maximum atomic E-state index is 13.6. The van der Waals surface area contributed by atoms with Crippen LogP contribution >= 0.6 is 0 Å². The van der Waals surface area contributed by atoms with Gasteiger partial charge in [-0.15, -0.1) is 0 Å². The van der Waals surface area contributed by atoms with Crippen molar-refractivity contribution in [2.45, 2.75) is 292 Å². The minimum atomic E-state index is -1.45. The number of carbonyl (C=O) groups excluding carboxylic acids is 17. The molecule has 10 amide bonds. The lowest BCUT2D eigenvalue weighted by Gasteiger charge is -2.45. The lowest BCUT2D eigenvalue weighted by molar-refractivity contribution is -0.158. The maximum Gasteiger partial charge on any atom is 0.417 e. The molecule has 0 aromatic heterocycles. The number of alkyl carbamates (subject to hydrolysis) is 2. The van der Waals surface area contributed by atoms with E-state index in [0.29, 0.717) is 85.1 Å². The van der Waals surface area contributed by atoms with Crippen LogP contribution in [-0.2, 0) is 122 Å². The fourth-order valence-electron chi connectivity index (χ4n) is 12.6. The first-order valence-electron chi connectivity index (χ1n) is 44.6. The van der Waals surface area contributed by atoms with Gasteiger partial charge >= 0.3 is 48.5 Å². The molecule has 39 heteroatoms. The fourth-order valence-corrected chi connectivity index (χ4v) is 12.6. The molecule has 0 spiro atoms. The highest BCUT2D eigenvalue weighted by molar-refractivity contribution is 6.11. The van der Waals surface area contributed by atoms with Crippen LogP contribution in [0, 0.1) is 5.92 Å². The SMILES string of the molecule is CC(=O)CCC(C)C(=O)O.CC(=O)CCC1C(=O)N(C(=O)OCc2ccccc2)C(CCC(C)=O)C(=O)N1C(=O)OCc1ccccc1.CC(=O)CCC1NC(=O)C(CCC(C)=O)NC1=O.CC(C)(C)OC(=O)N/C=C\NC(=O)OC(C)(C)C.COC(=O)C(N)CCC(C)=O.O=C(OCc1ccccc1)N1CC(CCCO)N(C(=O)OCc2ccccc2)CC1CCCO.[B]C1CCCO1. The van der Waals surface area contributed by atoms with Crippen molar-refractivity contribution < 1.29 is 140 Å². The highest BCUT2D eigenvalue weighted by atomic mass is 16.6. The fraction of sp³-hybridized carbons (Fsp3) is 0.542. The molecule has 9 unspecified atom stereocenters. The molecular weight excluding hydrogens is 1750 g/mol. The molecule has 8 rings (SSSR count). The van der Waals surface area contributed by atoms with Gasteiger partial charge in [-0.1, -0.05) is 128 Å². The lowest BCUT2D eigenvalue weighted by Crippen LogP contribution is -2.67. The Labute approximate surface area is 790 Å². The molecule has 4 fully saturated rings. The summed E-state index contributed by atoms with van der Waals surface area (Å²) in [5.41, 5.74) is 7.34. The summed E-state index contributed by atoms with van der Waals surface area (Å²) < 4.78 is 41.1. The number of amides is 10. The topological polar surface area (TPSA) is 529 Å². The van der Waals surface area contributed by atoms with Crippen LogP contribution in [0.5, 0.6) is 0 Å². The van der Waals surface area contributed by atoms with Crippen molar-refractivity contribution in [3.8, 4) is 0 Å². The van der Waals surface area contributed by atoms with E-state index in [1.165, 1.54) is 61.1 Å². The Bertz CT molecular complexity index is 4220. The van der Waals surface area contributed by atoms with Crippen LogP contribution < -0.4 is 27.0 Å². The van der Waals surface area contributed by atoms with E-state index >= 15 is 0 Å². The van der Waals surface area contributed by atoms with Crippen LogP contribution in [-0.4, -0.2) is 249 Å². The number of hydrogen-bond acceptors (Lipinski definition) is 29. The number of imide groups is 2. The Kier molecular flexibility index (Phi) is 56.4. The number of esters is 1. The number of ether oxygens (including phenoxy) is 8. The zero-order chi connectivity index (χ0) is 101. The molecule has 9 atom stereocenters. The van der Waals surface area contributed by atoms with Gasteiger partial charge < -0.3 is 108 Å². The van der Waals surface area contributed by atoms with Gasteiger partial charge in [0, 0.05) is 89.8 Å². The van der Waals surface area contributed by atoms with Gasteiger partial charge in [0.05, 0.1) is 25.1 Å². The van der Waals surface area contributed by atoms with Crippen LogP contribution in [0.3, 0.4) is 0 Å². The van der Waals surface area contributed by atoms with Crippen molar-refractivity contribution in [3.05, 3.63) is 156 Å². The van der Waals surface area contributed by atoms with E-state index < -0.39 is 108 Å². The zero-order valence-corrected chi connectivity index (χ0v) is 79.9. The summed E-state index contributed by atoms with van der Waals surface area (Å²) in [7, 11) is 6.59. The van der Waals surface area contributed by atoms with E-state index in [-0.39, 0.29) is 156 Å². The second kappa shape index (κ2) is 64.3. The monoisotopic (exact) mass is 1890 g/mol. The smallest absolute Gasteiger partial charge is 0.417 e. The largest absolute Gasteiger partial charge is 0.481 e. The molecule has 9 N–H and O–H groups in total. The predicted octanol–water partition coefficient (Wildman–Crippen LogP) is 10.8. The summed E-state index contributed by atoms with van der Waals surface area (Å²) in [4.78, 5) is 217. The summed E-state index contributed by atoms with van der Waals surface area (Å²) in [5, 5.41) is 37.0. The Morgan fingerprint density at radius 1 is 0.481 bits per heavy atom. The number of ketones is 6. The van der Waals surface area contributed by atoms with Gasteiger partial charge in [0.25, 0.3) is 11.8 Å². The molecular formula is C96H136BN9O29. The van der Waals surface area contributed by atoms with Gasteiger partial charge in [-0.3, -0.25) is 39.4 Å². The van der Waals surface area contributed by atoms with E-state index in [0.717, 1.165) is 30.6 Å². The number of rotatable bonds is 36. The molecule has 4 aliphatic rings. The number of carboxylic acids is 1. The van der Waals surface area contributed by atoms with Gasteiger partial charge in [0.1, 0.15) is 110 Å². The maximum absolute atomic E-state index is 13.6. The van der Waals surface area contributed by atoms with Crippen molar-refractivity contribution in [3.63, 3.8) is 0 Å². The Balaban J connectivity index is 0.000000574. The van der Waals surface area contributed by atoms with Gasteiger partial charge in [-0.25, -0.2) is 38.6 Å².